The molecular formula is C28H28ClF2N5O5S. The van der Waals surface area contributed by atoms with E-state index < -0.39 is 49.1 Å². The van der Waals surface area contributed by atoms with Gasteiger partial charge in [-0.2, -0.15) is 8.78 Å². The third-order valence-electron chi connectivity index (χ3n) is 6.46. The zero-order valence-corrected chi connectivity index (χ0v) is 23.9. The van der Waals surface area contributed by atoms with Crippen LogP contribution in [-0.4, -0.2) is 60.3 Å². The van der Waals surface area contributed by atoms with E-state index in [-0.39, 0.29) is 24.4 Å². The highest BCUT2D eigenvalue weighted by Crippen LogP contribution is 2.26. The molecule has 1 aliphatic rings. The molecule has 4 rings (SSSR count). The SMILES string of the molecule is C[C@@H](NC(=O)[C@@H]1C[C@@H](OC(F)F)CN1C(=O)CNC(=O)c1ccc(Oc2ccc(Cl)cc2)cc1)c1cc(C(=N)N)cs1. The van der Waals surface area contributed by atoms with Crippen molar-refractivity contribution in [3.8, 4) is 11.5 Å². The van der Waals surface area contributed by atoms with E-state index in [1.807, 2.05) is 0 Å². The van der Waals surface area contributed by atoms with Crippen LogP contribution >= 0.6 is 22.9 Å². The molecule has 0 radical (unpaired) electrons. The molecule has 10 nitrogen and oxygen atoms in total. The Kier molecular flexibility index (Phi) is 10.1. The predicted octanol–water partition coefficient (Wildman–Crippen LogP) is 4.29. The Morgan fingerprint density at radius 3 is 2.36 bits per heavy atom. The molecule has 0 spiro atoms. The lowest BCUT2D eigenvalue weighted by Gasteiger charge is -2.25. The number of hydrogen-bond donors (Lipinski definition) is 4. The van der Waals surface area contributed by atoms with E-state index in [1.165, 1.54) is 23.5 Å². The van der Waals surface area contributed by atoms with Crippen LogP contribution < -0.4 is 21.1 Å². The smallest absolute Gasteiger partial charge is 0.345 e. The maximum atomic E-state index is 13.1. The molecule has 3 aromatic rings. The minimum absolute atomic E-state index is 0.111. The first-order valence-corrected chi connectivity index (χ1v) is 14.0. The number of amides is 3. The minimum atomic E-state index is -3.07. The second-order valence-electron chi connectivity index (χ2n) is 9.46. The van der Waals surface area contributed by atoms with Crippen LogP contribution in [0.15, 0.2) is 60.0 Å². The monoisotopic (exact) mass is 619 g/mol. The van der Waals surface area contributed by atoms with E-state index in [9.17, 15) is 23.2 Å². The van der Waals surface area contributed by atoms with Crippen molar-refractivity contribution in [3.63, 3.8) is 0 Å². The second kappa shape index (κ2) is 13.7. The second-order valence-corrected chi connectivity index (χ2v) is 10.8. The first-order chi connectivity index (χ1) is 20.0. The van der Waals surface area contributed by atoms with Crippen LogP contribution in [-0.2, 0) is 14.3 Å². The lowest BCUT2D eigenvalue weighted by atomic mass is 10.1. The third kappa shape index (κ3) is 8.02. The number of nitrogens with zero attached hydrogens (tertiary/aromatic N) is 1. The number of rotatable bonds is 11. The number of carbonyl (C=O) groups is 3. The Morgan fingerprint density at radius 2 is 1.76 bits per heavy atom. The standard InChI is InChI=1S/C28H28ClF2N5O5S/c1-15(23-10-17(14-42-23)25(32)33)35-27(39)22-11-21(41-28(30)31)13-36(22)24(37)12-34-26(38)16-2-6-19(7-3-16)40-20-8-4-18(29)5-9-20/h2-10,14-15,21-22,28H,11-13H2,1H3,(H3,32,33)(H,34,38)(H,35,39)/t15-,21-,22+/m1/s1. The van der Waals surface area contributed by atoms with Gasteiger partial charge in [-0.3, -0.25) is 19.8 Å². The predicted molar refractivity (Wildman–Crippen MR) is 153 cm³/mol. The molecule has 0 bridgehead atoms. The molecule has 2 heterocycles. The highest BCUT2D eigenvalue weighted by Gasteiger charge is 2.41. The molecule has 1 aromatic heterocycles. The van der Waals surface area contributed by atoms with Gasteiger partial charge in [0.05, 0.1) is 18.7 Å². The van der Waals surface area contributed by atoms with Crippen LogP contribution in [0.25, 0.3) is 0 Å². The number of alkyl halides is 2. The summed E-state index contributed by atoms with van der Waals surface area (Å²) >= 11 is 7.17. The average molecular weight is 620 g/mol. The molecule has 1 aliphatic heterocycles. The first-order valence-electron chi connectivity index (χ1n) is 12.8. The number of hydrogen-bond acceptors (Lipinski definition) is 7. The van der Waals surface area contributed by atoms with Gasteiger partial charge in [-0.15, -0.1) is 11.3 Å². The number of ether oxygens (including phenoxy) is 2. The summed E-state index contributed by atoms with van der Waals surface area (Å²) in [6.45, 7) is -2.06. The van der Waals surface area contributed by atoms with Crippen LogP contribution in [0, 0.1) is 5.41 Å². The number of thiophene rings is 1. The number of nitrogen functional groups attached to an aromatic ring is 1. The van der Waals surface area contributed by atoms with Gasteiger partial charge in [0.15, 0.2) is 0 Å². The van der Waals surface area contributed by atoms with Gasteiger partial charge in [0.1, 0.15) is 23.4 Å². The molecule has 3 amide bonds. The van der Waals surface area contributed by atoms with Crippen molar-refractivity contribution in [2.24, 2.45) is 5.73 Å². The molecule has 0 saturated carbocycles. The van der Waals surface area contributed by atoms with Crippen molar-refractivity contribution in [3.05, 3.63) is 81.0 Å². The highest BCUT2D eigenvalue weighted by molar-refractivity contribution is 7.10. The number of likely N-dealkylation sites (tertiary alicyclic amines) is 1. The summed E-state index contributed by atoms with van der Waals surface area (Å²) < 4.78 is 36.2. The minimum Gasteiger partial charge on any atom is -0.457 e. The van der Waals surface area contributed by atoms with Crippen molar-refractivity contribution >= 4 is 46.5 Å². The number of carbonyl (C=O) groups excluding carboxylic acids is 3. The fraction of sp³-hybridized carbons (Fsp3) is 0.286. The van der Waals surface area contributed by atoms with E-state index >= 15 is 0 Å². The lowest BCUT2D eigenvalue weighted by Crippen LogP contribution is -2.49. The zero-order valence-electron chi connectivity index (χ0n) is 22.3. The number of nitrogens with two attached hydrogens (primary N) is 1. The molecule has 0 aliphatic carbocycles. The van der Waals surface area contributed by atoms with Crippen molar-refractivity contribution in [2.75, 3.05) is 13.1 Å². The average Bonchev–Trinajstić information content (AvgIpc) is 3.61. The Morgan fingerprint density at radius 1 is 1.12 bits per heavy atom. The molecule has 1 saturated heterocycles. The maximum Gasteiger partial charge on any atom is 0.345 e. The normalized spacial score (nSPS) is 17.1. The lowest BCUT2D eigenvalue weighted by molar-refractivity contribution is -0.160. The topological polar surface area (TPSA) is 147 Å². The van der Waals surface area contributed by atoms with Gasteiger partial charge in [0, 0.05) is 39.4 Å². The fourth-order valence-electron chi connectivity index (χ4n) is 4.34. The summed E-state index contributed by atoms with van der Waals surface area (Å²) in [6.07, 6.45) is -1.20. The largest absolute Gasteiger partial charge is 0.457 e. The molecule has 222 valence electrons. The number of amidine groups is 1. The van der Waals surface area contributed by atoms with Gasteiger partial charge in [-0.1, -0.05) is 11.6 Å². The van der Waals surface area contributed by atoms with Crippen molar-refractivity contribution in [1.29, 1.82) is 5.41 Å². The zero-order chi connectivity index (χ0) is 30.4. The van der Waals surface area contributed by atoms with Crippen LogP contribution in [0.4, 0.5) is 8.78 Å². The molecule has 42 heavy (non-hydrogen) atoms. The van der Waals surface area contributed by atoms with Gasteiger partial charge >= 0.3 is 6.61 Å². The Balaban J connectivity index is 1.36. The van der Waals surface area contributed by atoms with E-state index in [0.717, 1.165) is 9.78 Å². The quantitative estimate of drug-likeness (QED) is 0.186. The highest BCUT2D eigenvalue weighted by atomic mass is 35.5. The van der Waals surface area contributed by atoms with Gasteiger partial charge in [-0.25, -0.2) is 0 Å². The molecular weight excluding hydrogens is 592 g/mol. The van der Waals surface area contributed by atoms with Crippen LogP contribution in [0.2, 0.25) is 5.02 Å². The van der Waals surface area contributed by atoms with Gasteiger partial charge in [0.2, 0.25) is 11.8 Å². The Bertz CT molecular complexity index is 1440. The van der Waals surface area contributed by atoms with E-state index in [1.54, 1.807) is 54.8 Å². The van der Waals surface area contributed by atoms with Crippen molar-refractivity contribution < 1.29 is 32.6 Å². The summed E-state index contributed by atoms with van der Waals surface area (Å²) in [5.74, 6) is -0.804. The first kappa shape index (κ1) is 30.9. The number of benzene rings is 2. The molecule has 2 aromatic carbocycles. The molecule has 5 N–H and O–H groups in total. The van der Waals surface area contributed by atoms with Gasteiger partial charge < -0.3 is 30.7 Å². The summed E-state index contributed by atoms with van der Waals surface area (Å²) in [6, 6.07) is 13.1. The van der Waals surface area contributed by atoms with E-state index in [4.69, 9.17) is 27.5 Å². The van der Waals surface area contributed by atoms with Crippen LogP contribution in [0.1, 0.15) is 40.2 Å². The maximum absolute atomic E-state index is 13.1. The summed E-state index contributed by atoms with van der Waals surface area (Å²) in [7, 11) is 0. The molecule has 0 unspecified atom stereocenters. The van der Waals surface area contributed by atoms with Gasteiger partial charge in [0.25, 0.3) is 5.91 Å². The Hall–Kier alpha value is -4.07. The molecule has 1 fully saturated rings. The number of nitrogens with one attached hydrogen (secondary N) is 3. The van der Waals surface area contributed by atoms with E-state index in [2.05, 4.69) is 15.4 Å². The Labute approximate surface area is 249 Å². The summed E-state index contributed by atoms with van der Waals surface area (Å²) in [5.41, 5.74) is 6.28. The number of halogens is 3. The molecule has 14 heteroatoms. The summed E-state index contributed by atoms with van der Waals surface area (Å²) in [4.78, 5) is 40.7. The third-order valence-corrected chi connectivity index (χ3v) is 7.83. The van der Waals surface area contributed by atoms with Crippen molar-refractivity contribution in [2.45, 2.75) is 38.1 Å². The van der Waals surface area contributed by atoms with Crippen LogP contribution in [0.5, 0.6) is 11.5 Å². The fourth-order valence-corrected chi connectivity index (χ4v) is 5.38. The van der Waals surface area contributed by atoms with Crippen LogP contribution in [0.3, 0.4) is 0 Å². The van der Waals surface area contributed by atoms with Gasteiger partial charge in [-0.05, 0) is 61.5 Å². The van der Waals surface area contributed by atoms with E-state index in [0.29, 0.717) is 22.1 Å². The summed E-state index contributed by atoms with van der Waals surface area (Å²) in [5, 5.41) is 15.1. The van der Waals surface area contributed by atoms with Crippen molar-refractivity contribution in [1.82, 2.24) is 15.5 Å². The molecule has 3 atom stereocenters.